The van der Waals surface area contributed by atoms with Gasteiger partial charge in [0.15, 0.2) is 0 Å². The minimum absolute atomic E-state index is 0.248. The van der Waals surface area contributed by atoms with Crippen molar-refractivity contribution in [1.29, 1.82) is 5.26 Å². The molecule has 2 rings (SSSR count). The summed E-state index contributed by atoms with van der Waals surface area (Å²) in [5.74, 6) is -3.01. The third kappa shape index (κ3) is 6.80. The smallest absolute Gasteiger partial charge is 0.378 e. The average molecular weight is 459 g/mol. The Balaban J connectivity index is 2.39. The number of hydrogen-bond acceptors (Lipinski definition) is 6. The van der Waals surface area contributed by atoms with Crippen molar-refractivity contribution in [3.63, 3.8) is 0 Å². The van der Waals surface area contributed by atoms with E-state index in [1.54, 1.807) is 6.07 Å². The summed E-state index contributed by atoms with van der Waals surface area (Å²) in [5.41, 5.74) is -1.38. The molecular weight excluding hydrogens is 439 g/mol. The molecule has 1 saturated heterocycles. The molecule has 1 N–H and O–H groups in total. The molecule has 1 aromatic rings. The third-order valence-corrected chi connectivity index (χ3v) is 5.55. The Morgan fingerprint density at radius 1 is 1.23 bits per heavy atom. The van der Waals surface area contributed by atoms with Crippen molar-refractivity contribution in [2.24, 2.45) is 5.92 Å². The summed E-state index contributed by atoms with van der Waals surface area (Å²) in [6.45, 7) is 0.606. The number of nitrogens with one attached hydrogen (secondary N) is 1. The van der Waals surface area contributed by atoms with E-state index in [4.69, 9.17) is 10.00 Å². The maximum Gasteiger partial charge on any atom is 0.416 e. The van der Waals surface area contributed by atoms with Crippen molar-refractivity contribution in [3.8, 4) is 6.07 Å². The van der Waals surface area contributed by atoms with Gasteiger partial charge in [-0.15, -0.1) is 0 Å². The lowest BCUT2D eigenvalue weighted by Gasteiger charge is -2.28. The SMILES string of the molecule is N#CCNC(=O)C(CC(=O)N1CCOCC1)C(Cc1ccccc1C(F)(F)F)=S(=O)=O. The van der Waals surface area contributed by atoms with Gasteiger partial charge in [0.1, 0.15) is 6.54 Å². The Bertz CT molecular complexity index is 988. The Hall–Kier alpha value is -2.91. The van der Waals surface area contributed by atoms with Crippen LogP contribution in [-0.2, 0) is 37.2 Å². The first-order chi connectivity index (χ1) is 14.6. The molecule has 1 aliphatic heterocycles. The maximum absolute atomic E-state index is 13.3. The van der Waals surface area contributed by atoms with Crippen LogP contribution in [0, 0.1) is 17.2 Å². The lowest BCUT2D eigenvalue weighted by molar-refractivity contribution is -0.138. The van der Waals surface area contributed by atoms with Crippen molar-refractivity contribution < 1.29 is 35.9 Å². The molecule has 1 heterocycles. The molecule has 0 aliphatic carbocycles. The second-order valence-electron chi connectivity index (χ2n) is 6.66. The molecule has 12 heteroatoms. The average Bonchev–Trinajstić information content (AvgIpc) is 2.74. The molecule has 0 aromatic heterocycles. The monoisotopic (exact) mass is 459 g/mol. The number of alkyl halides is 3. The number of morpholine rings is 1. The van der Waals surface area contributed by atoms with Crippen LogP contribution in [0.2, 0.25) is 0 Å². The van der Waals surface area contributed by atoms with Gasteiger partial charge in [-0.1, -0.05) is 18.2 Å². The van der Waals surface area contributed by atoms with Crippen molar-refractivity contribution in [2.45, 2.75) is 19.0 Å². The topological polar surface area (TPSA) is 117 Å². The van der Waals surface area contributed by atoms with Crippen LogP contribution in [0.4, 0.5) is 13.2 Å². The first-order valence-corrected chi connectivity index (χ1v) is 10.3. The molecule has 1 aromatic carbocycles. The van der Waals surface area contributed by atoms with E-state index in [9.17, 15) is 31.2 Å². The normalized spacial score (nSPS) is 15.0. The lowest BCUT2D eigenvalue weighted by atomic mass is 9.92. The summed E-state index contributed by atoms with van der Waals surface area (Å²) in [6.07, 6.45) is -5.99. The highest BCUT2D eigenvalue weighted by molar-refractivity contribution is 7.73. The van der Waals surface area contributed by atoms with Gasteiger partial charge in [0.2, 0.25) is 22.1 Å². The van der Waals surface area contributed by atoms with Crippen LogP contribution in [-0.4, -0.2) is 62.8 Å². The molecule has 0 saturated carbocycles. The van der Waals surface area contributed by atoms with Crippen LogP contribution in [0.15, 0.2) is 24.3 Å². The standard InChI is InChI=1S/C19H20F3N3O5S/c20-19(21,22)15-4-2-1-3-13(15)11-16(31(28)29)14(18(27)24-6-5-23)12-17(26)25-7-9-30-10-8-25/h1-4,14H,6-12H2,(H,24,27). The number of amides is 2. The van der Waals surface area contributed by atoms with E-state index in [0.717, 1.165) is 12.1 Å². The Labute approximate surface area is 178 Å². The van der Waals surface area contributed by atoms with Crippen LogP contribution in [0.1, 0.15) is 17.5 Å². The van der Waals surface area contributed by atoms with Crippen LogP contribution in [0.5, 0.6) is 0 Å². The van der Waals surface area contributed by atoms with Crippen molar-refractivity contribution in [2.75, 3.05) is 32.8 Å². The minimum Gasteiger partial charge on any atom is -0.378 e. The summed E-state index contributed by atoms with van der Waals surface area (Å²) >= 11 is 0. The zero-order valence-electron chi connectivity index (χ0n) is 16.3. The van der Waals surface area contributed by atoms with Crippen LogP contribution in [0.25, 0.3) is 0 Å². The number of benzene rings is 1. The third-order valence-electron chi connectivity index (χ3n) is 4.69. The van der Waals surface area contributed by atoms with Gasteiger partial charge < -0.3 is 15.0 Å². The van der Waals surface area contributed by atoms with Gasteiger partial charge in [0, 0.05) is 25.9 Å². The number of nitriles is 1. The van der Waals surface area contributed by atoms with Gasteiger partial charge in [-0.25, -0.2) is 0 Å². The van der Waals surface area contributed by atoms with E-state index in [2.05, 4.69) is 5.32 Å². The fraction of sp³-hybridized carbons (Fsp3) is 0.474. The van der Waals surface area contributed by atoms with E-state index in [-0.39, 0.29) is 31.9 Å². The highest BCUT2D eigenvalue weighted by Crippen LogP contribution is 2.32. The summed E-state index contributed by atoms with van der Waals surface area (Å²) < 4.78 is 69.0. The number of nitrogens with zero attached hydrogens (tertiary/aromatic N) is 2. The van der Waals surface area contributed by atoms with E-state index >= 15 is 0 Å². The van der Waals surface area contributed by atoms with Gasteiger partial charge in [-0.2, -0.15) is 26.9 Å². The van der Waals surface area contributed by atoms with E-state index in [1.807, 2.05) is 0 Å². The summed E-state index contributed by atoms with van der Waals surface area (Å²) in [6, 6.07) is 6.07. The fourth-order valence-electron chi connectivity index (χ4n) is 3.16. The molecular formula is C19H20F3N3O5S. The number of carbonyl (C=O) groups is 2. The van der Waals surface area contributed by atoms with Crippen LogP contribution < -0.4 is 5.32 Å². The zero-order valence-corrected chi connectivity index (χ0v) is 17.1. The second-order valence-corrected chi connectivity index (χ2v) is 7.65. The van der Waals surface area contributed by atoms with Gasteiger partial charge >= 0.3 is 6.18 Å². The largest absolute Gasteiger partial charge is 0.416 e. The van der Waals surface area contributed by atoms with Gasteiger partial charge in [0.05, 0.1) is 35.6 Å². The quantitative estimate of drug-likeness (QED) is 0.476. The predicted molar refractivity (Wildman–Crippen MR) is 103 cm³/mol. The van der Waals surface area contributed by atoms with Crippen LogP contribution in [0.3, 0.4) is 0 Å². The Morgan fingerprint density at radius 3 is 2.45 bits per heavy atom. The molecule has 8 nitrogen and oxygen atoms in total. The van der Waals surface area contributed by atoms with Gasteiger partial charge in [0.25, 0.3) is 0 Å². The highest BCUT2D eigenvalue weighted by Gasteiger charge is 2.35. The lowest BCUT2D eigenvalue weighted by Crippen LogP contribution is -2.45. The number of carbonyl (C=O) groups excluding carboxylic acids is 2. The van der Waals surface area contributed by atoms with E-state index in [1.165, 1.54) is 17.0 Å². The van der Waals surface area contributed by atoms with Crippen molar-refractivity contribution >= 4 is 27.0 Å². The molecule has 31 heavy (non-hydrogen) atoms. The Morgan fingerprint density at radius 2 is 1.87 bits per heavy atom. The zero-order chi connectivity index (χ0) is 23.0. The molecule has 0 bridgehead atoms. The predicted octanol–water partition coefficient (Wildman–Crippen LogP) is 0.804. The molecule has 1 aliphatic rings. The fourth-order valence-corrected chi connectivity index (χ4v) is 3.85. The minimum atomic E-state index is -4.73. The highest BCUT2D eigenvalue weighted by atomic mass is 32.2. The maximum atomic E-state index is 13.3. The molecule has 0 radical (unpaired) electrons. The van der Waals surface area contributed by atoms with Crippen molar-refractivity contribution in [1.82, 2.24) is 10.2 Å². The second kappa shape index (κ2) is 10.9. The van der Waals surface area contributed by atoms with Crippen LogP contribution >= 0.6 is 0 Å². The van der Waals surface area contributed by atoms with Gasteiger partial charge in [-0.3, -0.25) is 9.59 Å². The summed E-state index contributed by atoms with van der Waals surface area (Å²) in [5, 5.41) is 10.9. The number of ether oxygens (including phenoxy) is 1. The molecule has 1 unspecified atom stereocenters. The van der Waals surface area contributed by atoms with E-state index < -0.39 is 64.0 Å². The molecule has 168 valence electrons. The molecule has 2 amide bonds. The number of hydrogen-bond donors (Lipinski definition) is 1. The number of halogens is 3. The Kier molecular flexibility index (Phi) is 8.58. The molecule has 0 spiro atoms. The van der Waals surface area contributed by atoms with E-state index in [0.29, 0.717) is 0 Å². The van der Waals surface area contributed by atoms with Crippen molar-refractivity contribution in [3.05, 3.63) is 35.4 Å². The van der Waals surface area contributed by atoms with Gasteiger partial charge in [-0.05, 0) is 11.6 Å². The first kappa shape index (κ1) is 24.4. The molecule has 1 atom stereocenters. The molecule has 1 fully saturated rings. The first-order valence-electron chi connectivity index (χ1n) is 9.25. The number of rotatable bonds is 7. The summed E-state index contributed by atoms with van der Waals surface area (Å²) in [7, 11) is -3.06. The summed E-state index contributed by atoms with van der Waals surface area (Å²) in [4.78, 5) is 26.0.